The highest BCUT2D eigenvalue weighted by atomic mass is 16.6. The van der Waals surface area contributed by atoms with Gasteiger partial charge in [-0.15, -0.1) is 0 Å². The van der Waals surface area contributed by atoms with Crippen LogP contribution in [0.25, 0.3) is 0 Å². The second-order valence-electron chi connectivity index (χ2n) is 6.76. The summed E-state index contributed by atoms with van der Waals surface area (Å²) in [5, 5.41) is 0. The predicted molar refractivity (Wildman–Crippen MR) is 106 cm³/mol. The zero-order chi connectivity index (χ0) is 19.6. The standard InChI is InChI=1S/C22H29NO4/c1-17(24)27-21(15-23(2)3)16-26-22-11-6-5-9-19(22)13-12-18-8-7-10-20(14-18)25-4/h5-11,14,21H,12-13,15-16H2,1-4H3/t21-/m0/s1. The molecule has 0 aliphatic rings. The van der Waals surface area contributed by atoms with Crippen LogP contribution in [-0.2, 0) is 22.4 Å². The summed E-state index contributed by atoms with van der Waals surface area (Å²) in [5.41, 5.74) is 2.35. The van der Waals surface area contributed by atoms with E-state index < -0.39 is 0 Å². The van der Waals surface area contributed by atoms with E-state index in [4.69, 9.17) is 14.2 Å². The lowest BCUT2D eigenvalue weighted by atomic mass is 10.0. The van der Waals surface area contributed by atoms with Crippen molar-refractivity contribution in [3.8, 4) is 11.5 Å². The number of carbonyl (C=O) groups is 1. The number of esters is 1. The Morgan fingerprint density at radius 2 is 1.85 bits per heavy atom. The van der Waals surface area contributed by atoms with E-state index in [1.165, 1.54) is 12.5 Å². The molecule has 0 unspecified atom stereocenters. The molecule has 5 nitrogen and oxygen atoms in total. The molecule has 0 heterocycles. The van der Waals surface area contributed by atoms with E-state index in [0.717, 1.165) is 29.9 Å². The topological polar surface area (TPSA) is 48.0 Å². The Labute approximate surface area is 161 Å². The molecule has 146 valence electrons. The van der Waals surface area contributed by atoms with E-state index >= 15 is 0 Å². The minimum absolute atomic E-state index is 0.295. The van der Waals surface area contributed by atoms with Crippen LogP contribution < -0.4 is 9.47 Å². The third kappa shape index (κ3) is 7.31. The smallest absolute Gasteiger partial charge is 0.303 e. The number of rotatable bonds is 10. The van der Waals surface area contributed by atoms with Gasteiger partial charge in [0.2, 0.25) is 0 Å². The molecule has 2 aromatic carbocycles. The van der Waals surface area contributed by atoms with Crippen molar-refractivity contribution in [1.82, 2.24) is 4.90 Å². The van der Waals surface area contributed by atoms with Crippen LogP contribution in [0, 0.1) is 0 Å². The molecule has 0 aliphatic heterocycles. The zero-order valence-corrected chi connectivity index (χ0v) is 16.6. The summed E-state index contributed by atoms with van der Waals surface area (Å²) in [6.07, 6.45) is 1.45. The molecule has 0 aliphatic carbocycles. The van der Waals surface area contributed by atoms with Crippen LogP contribution in [0.4, 0.5) is 0 Å². The Hall–Kier alpha value is -2.53. The quantitative estimate of drug-likeness (QED) is 0.600. The summed E-state index contributed by atoms with van der Waals surface area (Å²) >= 11 is 0. The minimum atomic E-state index is -0.302. The second-order valence-corrected chi connectivity index (χ2v) is 6.76. The molecular formula is C22H29NO4. The number of hydrogen-bond acceptors (Lipinski definition) is 5. The first-order valence-corrected chi connectivity index (χ1v) is 9.13. The molecule has 0 saturated heterocycles. The van der Waals surface area contributed by atoms with Gasteiger partial charge in [-0.05, 0) is 56.3 Å². The average Bonchev–Trinajstić information content (AvgIpc) is 2.64. The highest BCUT2D eigenvalue weighted by Crippen LogP contribution is 2.22. The van der Waals surface area contributed by atoms with Gasteiger partial charge in [0.25, 0.3) is 0 Å². The molecule has 1 atom stereocenters. The molecule has 0 radical (unpaired) electrons. The molecule has 2 rings (SSSR count). The van der Waals surface area contributed by atoms with Gasteiger partial charge in [0.1, 0.15) is 24.2 Å². The van der Waals surface area contributed by atoms with Crippen molar-refractivity contribution in [1.29, 1.82) is 0 Å². The third-order valence-corrected chi connectivity index (χ3v) is 4.12. The van der Waals surface area contributed by atoms with Crippen LogP contribution in [0.3, 0.4) is 0 Å². The number of carbonyl (C=O) groups excluding carboxylic acids is 1. The Morgan fingerprint density at radius 1 is 1.07 bits per heavy atom. The monoisotopic (exact) mass is 371 g/mol. The Bertz CT molecular complexity index is 730. The van der Waals surface area contributed by atoms with Crippen molar-refractivity contribution in [3.05, 3.63) is 59.7 Å². The lowest BCUT2D eigenvalue weighted by Gasteiger charge is -2.22. The molecular weight excluding hydrogens is 342 g/mol. The first-order chi connectivity index (χ1) is 13.0. The van der Waals surface area contributed by atoms with Crippen LogP contribution in [0.15, 0.2) is 48.5 Å². The number of methoxy groups -OCH3 is 1. The number of likely N-dealkylation sites (N-methyl/N-ethyl adjacent to an activating group) is 1. The molecule has 0 bridgehead atoms. The number of hydrogen-bond donors (Lipinski definition) is 0. The van der Waals surface area contributed by atoms with E-state index in [9.17, 15) is 4.79 Å². The molecule has 0 N–H and O–H groups in total. The molecule has 0 spiro atoms. The lowest BCUT2D eigenvalue weighted by molar-refractivity contribution is -0.148. The maximum Gasteiger partial charge on any atom is 0.303 e. The van der Waals surface area contributed by atoms with Crippen LogP contribution >= 0.6 is 0 Å². The average molecular weight is 371 g/mol. The van der Waals surface area contributed by atoms with Gasteiger partial charge in [-0.3, -0.25) is 4.79 Å². The largest absolute Gasteiger partial charge is 0.497 e. The highest BCUT2D eigenvalue weighted by molar-refractivity contribution is 5.66. The van der Waals surface area contributed by atoms with Crippen molar-refractivity contribution in [2.75, 3.05) is 34.4 Å². The third-order valence-electron chi connectivity index (χ3n) is 4.12. The SMILES string of the molecule is COc1cccc(CCc2ccccc2OC[C@H](CN(C)C)OC(C)=O)c1. The maximum absolute atomic E-state index is 11.3. The molecule has 0 fully saturated rings. The van der Waals surface area contributed by atoms with Crippen LogP contribution in [0.5, 0.6) is 11.5 Å². The fourth-order valence-electron chi connectivity index (χ4n) is 2.91. The zero-order valence-electron chi connectivity index (χ0n) is 16.6. The number of nitrogens with zero attached hydrogens (tertiary/aromatic N) is 1. The lowest BCUT2D eigenvalue weighted by Crippen LogP contribution is -2.34. The first kappa shape index (κ1) is 20.8. The number of benzene rings is 2. The second kappa shape index (κ2) is 10.6. The summed E-state index contributed by atoms with van der Waals surface area (Å²) in [6, 6.07) is 16.1. The van der Waals surface area contributed by atoms with Crippen molar-refractivity contribution < 1.29 is 19.0 Å². The van der Waals surface area contributed by atoms with Crippen molar-refractivity contribution in [2.24, 2.45) is 0 Å². The van der Waals surface area contributed by atoms with E-state index in [1.807, 2.05) is 49.3 Å². The van der Waals surface area contributed by atoms with Crippen molar-refractivity contribution >= 4 is 5.97 Å². The van der Waals surface area contributed by atoms with Gasteiger partial charge in [-0.1, -0.05) is 30.3 Å². The molecule has 27 heavy (non-hydrogen) atoms. The van der Waals surface area contributed by atoms with Crippen LogP contribution in [0.1, 0.15) is 18.1 Å². The van der Waals surface area contributed by atoms with Crippen LogP contribution in [-0.4, -0.2) is 51.3 Å². The highest BCUT2D eigenvalue weighted by Gasteiger charge is 2.15. The van der Waals surface area contributed by atoms with Crippen molar-refractivity contribution in [3.63, 3.8) is 0 Å². The fraction of sp³-hybridized carbons (Fsp3) is 0.409. The summed E-state index contributed by atoms with van der Waals surface area (Å²) in [6.45, 7) is 2.37. The maximum atomic E-state index is 11.3. The number of aryl methyl sites for hydroxylation is 2. The fourth-order valence-corrected chi connectivity index (χ4v) is 2.91. The molecule has 0 amide bonds. The van der Waals surface area contributed by atoms with E-state index in [-0.39, 0.29) is 12.1 Å². The predicted octanol–water partition coefficient (Wildman–Crippen LogP) is 3.35. The Morgan fingerprint density at radius 3 is 2.56 bits per heavy atom. The van der Waals surface area contributed by atoms with Gasteiger partial charge in [0.05, 0.1) is 7.11 Å². The van der Waals surface area contributed by atoms with E-state index in [0.29, 0.717) is 13.2 Å². The number of ether oxygens (including phenoxy) is 3. The summed E-state index contributed by atoms with van der Waals surface area (Å²) < 4.78 is 16.7. The van der Waals surface area contributed by atoms with Gasteiger partial charge < -0.3 is 19.1 Å². The molecule has 0 aromatic heterocycles. The normalized spacial score (nSPS) is 11.9. The summed E-state index contributed by atoms with van der Waals surface area (Å²) in [5.74, 6) is 1.40. The van der Waals surface area contributed by atoms with Gasteiger partial charge >= 0.3 is 5.97 Å². The summed E-state index contributed by atoms with van der Waals surface area (Å²) in [7, 11) is 5.56. The van der Waals surface area contributed by atoms with Gasteiger partial charge in [0.15, 0.2) is 0 Å². The molecule has 5 heteroatoms. The van der Waals surface area contributed by atoms with Crippen molar-refractivity contribution in [2.45, 2.75) is 25.9 Å². The first-order valence-electron chi connectivity index (χ1n) is 9.13. The molecule has 2 aromatic rings. The van der Waals surface area contributed by atoms with E-state index in [1.54, 1.807) is 7.11 Å². The van der Waals surface area contributed by atoms with Gasteiger partial charge in [0, 0.05) is 13.5 Å². The Kier molecular flexibility index (Phi) is 8.14. The molecule has 0 saturated carbocycles. The van der Waals surface area contributed by atoms with Crippen LogP contribution in [0.2, 0.25) is 0 Å². The minimum Gasteiger partial charge on any atom is -0.497 e. The van der Waals surface area contributed by atoms with E-state index in [2.05, 4.69) is 18.2 Å². The van der Waals surface area contributed by atoms with Gasteiger partial charge in [-0.25, -0.2) is 0 Å². The Balaban J connectivity index is 2.00. The summed E-state index contributed by atoms with van der Waals surface area (Å²) in [4.78, 5) is 13.3. The van der Waals surface area contributed by atoms with Gasteiger partial charge in [-0.2, -0.15) is 0 Å². The number of para-hydroxylation sites is 1.